The minimum atomic E-state index is -1.95. The molecule has 1 aromatic carbocycles. The van der Waals surface area contributed by atoms with Crippen molar-refractivity contribution in [1.82, 2.24) is 19.7 Å². The van der Waals surface area contributed by atoms with E-state index in [9.17, 15) is 9.90 Å². The number of pyridine rings is 1. The summed E-state index contributed by atoms with van der Waals surface area (Å²) in [6.45, 7) is 11.8. The van der Waals surface area contributed by atoms with Crippen LogP contribution in [0.4, 0.5) is 9.18 Å². The zero-order valence-electron chi connectivity index (χ0n) is 20.9. The molecule has 2 atom stereocenters. The van der Waals surface area contributed by atoms with Gasteiger partial charge in [-0.05, 0) is 59.4 Å². The highest BCUT2D eigenvalue weighted by molar-refractivity contribution is 9.10. The number of likely N-dealkylation sites (tertiary alicyclic amines) is 1. The fourth-order valence-electron chi connectivity index (χ4n) is 4.54. The largest absolute Gasteiger partial charge is 0.465 e. The molecular formula is C24H30BrCl2FN4O3Si. The van der Waals surface area contributed by atoms with Crippen molar-refractivity contribution in [2.75, 3.05) is 13.2 Å². The summed E-state index contributed by atoms with van der Waals surface area (Å²) in [6, 6.07) is 1.32. The van der Waals surface area contributed by atoms with E-state index < -0.39 is 20.2 Å². The first-order chi connectivity index (χ1) is 16.7. The van der Waals surface area contributed by atoms with Crippen molar-refractivity contribution in [2.24, 2.45) is 0 Å². The molecule has 1 aliphatic heterocycles. The second kappa shape index (κ2) is 10.0. The third-order valence-corrected chi connectivity index (χ3v) is 13.7. The number of piperidine rings is 1. The van der Waals surface area contributed by atoms with Crippen molar-refractivity contribution >= 4 is 75.3 Å². The van der Waals surface area contributed by atoms with Crippen molar-refractivity contribution in [3.63, 3.8) is 0 Å². The van der Waals surface area contributed by atoms with Crippen molar-refractivity contribution < 1.29 is 18.7 Å². The van der Waals surface area contributed by atoms with E-state index in [2.05, 4.69) is 59.9 Å². The van der Waals surface area contributed by atoms with Crippen molar-refractivity contribution in [3.05, 3.63) is 32.7 Å². The molecule has 0 saturated carbocycles. The summed E-state index contributed by atoms with van der Waals surface area (Å²) in [7, 11) is -1.95. The van der Waals surface area contributed by atoms with Gasteiger partial charge in [-0.15, -0.1) is 0 Å². The molecule has 7 nitrogen and oxygen atoms in total. The minimum absolute atomic E-state index is 0.0719. The van der Waals surface area contributed by atoms with Crippen molar-refractivity contribution in [3.8, 4) is 0 Å². The molecule has 0 bridgehead atoms. The Hall–Kier alpha value is -1.46. The lowest BCUT2D eigenvalue weighted by Gasteiger charge is -2.40. The van der Waals surface area contributed by atoms with Crippen LogP contribution in [0.5, 0.6) is 0 Å². The van der Waals surface area contributed by atoms with Crippen LogP contribution < -0.4 is 0 Å². The molecular weight excluding hydrogens is 590 g/mol. The van der Waals surface area contributed by atoms with Crippen LogP contribution in [0.25, 0.3) is 21.8 Å². The van der Waals surface area contributed by atoms with Crippen LogP contribution in [-0.2, 0) is 4.43 Å². The summed E-state index contributed by atoms with van der Waals surface area (Å²) in [5, 5.41) is 16.0. The molecule has 0 radical (unpaired) electrons. The number of halogens is 4. The van der Waals surface area contributed by atoms with Gasteiger partial charge in [-0.3, -0.25) is 4.68 Å². The van der Waals surface area contributed by atoms with Gasteiger partial charge in [0.1, 0.15) is 10.7 Å². The lowest BCUT2D eigenvalue weighted by atomic mass is 9.95. The number of aromatic nitrogens is 3. The molecule has 0 aliphatic carbocycles. The summed E-state index contributed by atoms with van der Waals surface area (Å²) in [6.07, 6.45) is 2.39. The predicted octanol–water partition coefficient (Wildman–Crippen LogP) is 7.89. The minimum Gasteiger partial charge on any atom is -0.465 e. The molecule has 3 heterocycles. The van der Waals surface area contributed by atoms with Crippen molar-refractivity contribution in [1.29, 1.82) is 0 Å². The van der Waals surface area contributed by atoms with Crippen molar-refractivity contribution in [2.45, 2.75) is 70.2 Å². The molecule has 4 rings (SSSR count). The SMILES string of the molecule is CC(C)(C)[Si](C)(C)OCC[C@@H]1C[C@@H](n2ncc3c(Cl)nc4c(F)c(Br)c(Cl)cc4c32)CCN1C(=O)O. The Morgan fingerprint density at radius 2 is 2.03 bits per heavy atom. The van der Waals surface area contributed by atoms with E-state index in [4.69, 9.17) is 27.6 Å². The number of hydrogen-bond acceptors (Lipinski definition) is 4. The van der Waals surface area contributed by atoms with Crippen LogP contribution >= 0.6 is 39.1 Å². The Kier molecular flexibility index (Phi) is 7.67. The molecule has 0 spiro atoms. The topological polar surface area (TPSA) is 80.5 Å². The summed E-state index contributed by atoms with van der Waals surface area (Å²) >= 11 is 15.9. The Morgan fingerprint density at radius 3 is 2.67 bits per heavy atom. The molecule has 36 heavy (non-hydrogen) atoms. The maximum atomic E-state index is 15.0. The average Bonchev–Trinajstić information content (AvgIpc) is 3.24. The van der Waals surface area contributed by atoms with Gasteiger partial charge in [0.2, 0.25) is 0 Å². The Labute approximate surface area is 229 Å². The molecule has 1 fully saturated rings. The third-order valence-electron chi connectivity index (χ3n) is 7.62. The van der Waals surface area contributed by atoms with Crippen LogP contribution in [0.3, 0.4) is 0 Å². The number of amides is 1. The second-order valence-corrected chi connectivity index (χ2v) is 17.2. The van der Waals surface area contributed by atoms with Gasteiger partial charge in [-0.25, -0.2) is 14.2 Å². The first-order valence-electron chi connectivity index (χ1n) is 11.9. The quantitative estimate of drug-likeness (QED) is 0.178. The molecule has 1 saturated heterocycles. The van der Waals surface area contributed by atoms with Gasteiger partial charge in [0, 0.05) is 24.6 Å². The summed E-state index contributed by atoms with van der Waals surface area (Å²) in [4.78, 5) is 17.7. The van der Waals surface area contributed by atoms with Crippen LogP contribution in [0.15, 0.2) is 16.7 Å². The average molecular weight is 620 g/mol. The monoisotopic (exact) mass is 618 g/mol. The smallest absolute Gasteiger partial charge is 0.407 e. The van der Waals surface area contributed by atoms with Crippen LogP contribution in [0.1, 0.15) is 46.1 Å². The van der Waals surface area contributed by atoms with E-state index in [1.165, 1.54) is 4.90 Å². The lowest BCUT2D eigenvalue weighted by Crippen LogP contribution is -2.47. The number of carbonyl (C=O) groups is 1. The van der Waals surface area contributed by atoms with E-state index in [1.54, 1.807) is 12.3 Å². The van der Waals surface area contributed by atoms with Gasteiger partial charge < -0.3 is 14.4 Å². The molecule has 1 amide bonds. The fourth-order valence-corrected chi connectivity index (χ4v) is 6.31. The number of carboxylic acid groups (broad SMARTS) is 1. The molecule has 2 aromatic heterocycles. The summed E-state index contributed by atoms with van der Waals surface area (Å²) < 4.78 is 23.3. The summed E-state index contributed by atoms with van der Waals surface area (Å²) in [5.41, 5.74) is 0.746. The van der Waals surface area contributed by atoms with Gasteiger partial charge in [0.05, 0.1) is 32.6 Å². The third kappa shape index (κ3) is 4.99. The number of nitrogens with zero attached hydrogens (tertiary/aromatic N) is 4. The van der Waals surface area contributed by atoms with Crippen LogP contribution in [0.2, 0.25) is 28.3 Å². The maximum absolute atomic E-state index is 15.0. The Bertz CT molecular complexity index is 1330. The number of hydrogen-bond donors (Lipinski definition) is 1. The predicted molar refractivity (Wildman–Crippen MR) is 147 cm³/mol. The second-order valence-electron chi connectivity index (χ2n) is 10.8. The van der Waals surface area contributed by atoms with E-state index in [1.807, 2.05) is 4.68 Å². The van der Waals surface area contributed by atoms with Gasteiger partial charge in [-0.1, -0.05) is 44.0 Å². The van der Waals surface area contributed by atoms with Gasteiger partial charge in [0.15, 0.2) is 14.1 Å². The van der Waals surface area contributed by atoms with E-state index >= 15 is 4.39 Å². The van der Waals surface area contributed by atoms with E-state index in [-0.39, 0.29) is 37.3 Å². The standard InChI is InChI=1S/C24H30BrCl2FN4O3Si/c1-24(2,3)36(4,5)35-9-7-13-10-14(6-8-31(13)23(33)34)32-21-15-11-17(26)18(25)19(28)20(15)30-22(27)16(21)12-29-32/h11-14H,6-10H2,1-5H3,(H,33,34)/t13-,14+/m1/s1. The number of fused-ring (bicyclic) bond motifs is 3. The Morgan fingerprint density at radius 1 is 1.33 bits per heavy atom. The molecule has 1 aliphatic rings. The highest BCUT2D eigenvalue weighted by Gasteiger charge is 2.38. The first kappa shape index (κ1) is 27.6. The molecule has 12 heteroatoms. The molecule has 1 N–H and O–H groups in total. The molecule has 3 aromatic rings. The summed E-state index contributed by atoms with van der Waals surface area (Å²) in [5.74, 6) is -0.588. The van der Waals surface area contributed by atoms with E-state index in [0.717, 1.165) is 0 Å². The van der Waals surface area contributed by atoms with Gasteiger partial charge in [-0.2, -0.15) is 5.10 Å². The zero-order chi connectivity index (χ0) is 26.6. The van der Waals surface area contributed by atoms with E-state index in [0.29, 0.717) is 48.7 Å². The maximum Gasteiger partial charge on any atom is 0.407 e. The first-order valence-corrected chi connectivity index (χ1v) is 16.3. The zero-order valence-corrected chi connectivity index (χ0v) is 25.0. The van der Waals surface area contributed by atoms with Gasteiger partial charge in [0.25, 0.3) is 0 Å². The molecule has 196 valence electrons. The number of benzene rings is 1. The highest BCUT2D eigenvalue weighted by Crippen LogP contribution is 2.40. The highest BCUT2D eigenvalue weighted by atomic mass is 79.9. The Balaban J connectivity index is 1.68. The van der Waals surface area contributed by atoms with Crippen LogP contribution in [0, 0.1) is 5.82 Å². The van der Waals surface area contributed by atoms with Gasteiger partial charge >= 0.3 is 6.09 Å². The van der Waals surface area contributed by atoms with Crippen LogP contribution in [-0.4, -0.2) is 58.4 Å². The fraction of sp³-hybridized carbons (Fsp3) is 0.542. The number of rotatable bonds is 5. The lowest BCUT2D eigenvalue weighted by molar-refractivity contribution is 0.0790. The molecule has 0 unspecified atom stereocenters. The normalized spacial score (nSPS) is 19.4.